The highest BCUT2D eigenvalue weighted by Gasteiger charge is 2.16. The monoisotopic (exact) mass is 355 g/mol. The van der Waals surface area contributed by atoms with Crippen LogP contribution in [0.25, 0.3) is 0 Å². The van der Waals surface area contributed by atoms with Crippen molar-refractivity contribution >= 4 is 23.7 Å². The van der Waals surface area contributed by atoms with Crippen molar-refractivity contribution in [2.75, 3.05) is 19.8 Å². The zero-order valence-corrected chi connectivity index (χ0v) is 15.7. The van der Waals surface area contributed by atoms with Gasteiger partial charge in [0.15, 0.2) is 5.96 Å². The fourth-order valence-electron chi connectivity index (χ4n) is 1.99. The maximum absolute atomic E-state index is 13.4. The van der Waals surface area contributed by atoms with Crippen LogP contribution < -0.4 is 10.6 Å². The number of carbonyl (C=O) groups is 1. The van der Waals surface area contributed by atoms with Crippen LogP contribution in [0.5, 0.6) is 0 Å². The Morgan fingerprint density at radius 1 is 1.29 bits per heavy atom. The van der Waals surface area contributed by atoms with E-state index < -0.39 is 5.60 Å². The van der Waals surface area contributed by atoms with Crippen LogP contribution in [0.15, 0.2) is 23.2 Å². The molecule has 0 bridgehead atoms. The summed E-state index contributed by atoms with van der Waals surface area (Å²) in [4.78, 5) is 15.8. The predicted molar refractivity (Wildman–Crippen MR) is 97.7 cm³/mol. The van der Waals surface area contributed by atoms with E-state index in [1.54, 1.807) is 30.9 Å². The highest BCUT2D eigenvalue weighted by Crippen LogP contribution is 2.16. The van der Waals surface area contributed by atoms with Gasteiger partial charge in [0.2, 0.25) is 0 Å². The van der Waals surface area contributed by atoms with Crippen LogP contribution in [-0.2, 0) is 21.8 Å². The summed E-state index contributed by atoms with van der Waals surface area (Å²) in [5, 5.41) is 6.03. The fourth-order valence-corrected chi connectivity index (χ4v) is 2.57. The summed E-state index contributed by atoms with van der Waals surface area (Å²) in [5.74, 6) is 0.629. The van der Waals surface area contributed by atoms with E-state index in [4.69, 9.17) is 4.74 Å². The van der Waals surface area contributed by atoms with Gasteiger partial charge in [-0.05, 0) is 50.3 Å². The second-order valence-corrected chi connectivity index (χ2v) is 7.08. The lowest BCUT2D eigenvalue weighted by atomic mass is 10.1. The number of guanidine groups is 1. The van der Waals surface area contributed by atoms with Gasteiger partial charge < -0.3 is 15.4 Å². The highest BCUT2D eigenvalue weighted by molar-refractivity contribution is 7.97. The molecule has 0 saturated carbocycles. The Balaban J connectivity index is 2.57. The average molecular weight is 355 g/mol. The van der Waals surface area contributed by atoms with Gasteiger partial charge in [-0.25, -0.2) is 4.39 Å². The Hall–Kier alpha value is -1.76. The van der Waals surface area contributed by atoms with E-state index in [0.29, 0.717) is 12.5 Å². The molecule has 0 aliphatic heterocycles. The number of nitrogens with one attached hydrogen (secondary N) is 2. The molecule has 0 atom stereocenters. The summed E-state index contributed by atoms with van der Waals surface area (Å²) in [6.45, 7) is 5.97. The summed E-state index contributed by atoms with van der Waals surface area (Å²) >= 11 is 1.64. The van der Waals surface area contributed by atoms with Gasteiger partial charge in [-0.2, -0.15) is 11.8 Å². The van der Waals surface area contributed by atoms with E-state index in [2.05, 4.69) is 15.6 Å². The predicted octanol–water partition coefficient (Wildman–Crippen LogP) is 2.70. The van der Waals surface area contributed by atoms with E-state index >= 15 is 0 Å². The lowest BCUT2D eigenvalue weighted by molar-refractivity contribution is -0.153. The minimum atomic E-state index is -0.517. The summed E-state index contributed by atoms with van der Waals surface area (Å²) in [5.41, 5.74) is 1.42. The minimum Gasteiger partial charge on any atom is -0.459 e. The van der Waals surface area contributed by atoms with Crippen molar-refractivity contribution in [1.82, 2.24) is 10.6 Å². The molecular weight excluding hydrogens is 329 g/mol. The van der Waals surface area contributed by atoms with Gasteiger partial charge in [0.25, 0.3) is 0 Å². The molecule has 2 N–H and O–H groups in total. The molecule has 1 rings (SSSR count). The van der Waals surface area contributed by atoms with Crippen molar-refractivity contribution in [3.8, 4) is 0 Å². The number of rotatable bonds is 6. The Bertz CT molecular complexity index is 586. The van der Waals surface area contributed by atoms with Crippen LogP contribution in [0.1, 0.15) is 31.9 Å². The van der Waals surface area contributed by atoms with Gasteiger partial charge in [0, 0.05) is 19.3 Å². The third kappa shape index (κ3) is 7.68. The lowest BCUT2D eigenvalue weighted by Gasteiger charge is -2.20. The molecule has 134 valence electrons. The Labute approximate surface area is 147 Å². The van der Waals surface area contributed by atoms with Crippen molar-refractivity contribution in [3.63, 3.8) is 0 Å². The van der Waals surface area contributed by atoms with Gasteiger partial charge in [-0.1, -0.05) is 6.07 Å². The SMILES string of the molecule is CN=C(NCC(=O)OC(C)(C)C)NCc1ccc(F)cc1CSC. The Kier molecular flexibility index (Phi) is 8.04. The van der Waals surface area contributed by atoms with E-state index in [1.165, 1.54) is 6.07 Å². The normalized spacial score (nSPS) is 12.0. The topological polar surface area (TPSA) is 62.7 Å². The molecule has 0 aliphatic rings. The minimum absolute atomic E-state index is 0.0258. The van der Waals surface area contributed by atoms with E-state index in [1.807, 2.05) is 27.0 Å². The maximum Gasteiger partial charge on any atom is 0.325 e. The zero-order valence-electron chi connectivity index (χ0n) is 14.9. The number of hydrogen-bond donors (Lipinski definition) is 2. The number of benzene rings is 1. The number of nitrogens with zero attached hydrogens (tertiary/aromatic N) is 1. The Morgan fingerprint density at radius 3 is 2.58 bits per heavy atom. The highest BCUT2D eigenvalue weighted by atomic mass is 32.2. The molecule has 0 aromatic heterocycles. The maximum atomic E-state index is 13.4. The van der Waals surface area contributed by atoms with Gasteiger partial charge in [0.05, 0.1) is 0 Å². The second-order valence-electron chi connectivity index (χ2n) is 6.21. The Morgan fingerprint density at radius 2 is 2.00 bits per heavy atom. The first kappa shape index (κ1) is 20.3. The molecule has 0 amide bonds. The average Bonchev–Trinajstić information content (AvgIpc) is 2.47. The quantitative estimate of drug-likeness (QED) is 0.467. The third-order valence-corrected chi connectivity index (χ3v) is 3.56. The van der Waals surface area contributed by atoms with Crippen LogP contribution >= 0.6 is 11.8 Å². The smallest absolute Gasteiger partial charge is 0.325 e. The summed E-state index contributed by atoms with van der Waals surface area (Å²) in [6.07, 6.45) is 1.98. The molecular formula is C17H26FN3O2S. The molecule has 5 nitrogen and oxygen atoms in total. The van der Waals surface area contributed by atoms with Crippen LogP contribution in [0.4, 0.5) is 4.39 Å². The van der Waals surface area contributed by atoms with Crippen molar-refractivity contribution in [2.24, 2.45) is 4.99 Å². The van der Waals surface area contributed by atoms with E-state index in [-0.39, 0.29) is 18.3 Å². The van der Waals surface area contributed by atoms with Crippen molar-refractivity contribution in [1.29, 1.82) is 0 Å². The first-order valence-electron chi connectivity index (χ1n) is 7.67. The number of halogens is 1. The van der Waals surface area contributed by atoms with Crippen molar-refractivity contribution in [2.45, 2.75) is 38.7 Å². The number of aliphatic imine (C=N–C) groups is 1. The second kappa shape index (κ2) is 9.52. The van der Waals surface area contributed by atoms with Crippen LogP contribution in [0, 0.1) is 5.82 Å². The third-order valence-electron chi connectivity index (χ3n) is 2.96. The molecule has 1 aromatic carbocycles. The summed E-state index contributed by atoms with van der Waals surface area (Å²) < 4.78 is 18.6. The van der Waals surface area contributed by atoms with Crippen molar-refractivity contribution in [3.05, 3.63) is 35.1 Å². The number of hydrogen-bond acceptors (Lipinski definition) is 4. The summed E-state index contributed by atoms with van der Waals surface area (Å²) in [6, 6.07) is 4.75. The van der Waals surface area contributed by atoms with E-state index in [0.717, 1.165) is 16.9 Å². The first-order valence-corrected chi connectivity index (χ1v) is 9.07. The van der Waals surface area contributed by atoms with Crippen LogP contribution in [0.2, 0.25) is 0 Å². The molecule has 0 saturated heterocycles. The number of esters is 1. The lowest BCUT2D eigenvalue weighted by Crippen LogP contribution is -2.41. The van der Waals surface area contributed by atoms with Gasteiger partial charge in [-0.15, -0.1) is 0 Å². The fraction of sp³-hybridized carbons (Fsp3) is 0.529. The van der Waals surface area contributed by atoms with Gasteiger partial charge in [-0.3, -0.25) is 9.79 Å². The molecule has 0 fully saturated rings. The van der Waals surface area contributed by atoms with Gasteiger partial charge in [0.1, 0.15) is 18.0 Å². The van der Waals surface area contributed by atoms with Gasteiger partial charge >= 0.3 is 5.97 Å². The zero-order chi connectivity index (χ0) is 18.2. The summed E-state index contributed by atoms with van der Waals surface area (Å²) in [7, 11) is 1.62. The molecule has 0 aliphatic carbocycles. The largest absolute Gasteiger partial charge is 0.459 e. The van der Waals surface area contributed by atoms with Crippen LogP contribution in [-0.4, -0.2) is 37.4 Å². The van der Waals surface area contributed by atoms with Crippen LogP contribution in [0.3, 0.4) is 0 Å². The molecule has 24 heavy (non-hydrogen) atoms. The molecule has 7 heteroatoms. The molecule has 0 unspecified atom stereocenters. The standard InChI is InChI=1S/C17H26FN3O2S/c1-17(2,3)23-15(22)10-21-16(19-4)20-9-12-6-7-14(18)8-13(12)11-24-5/h6-8H,9-11H2,1-5H3,(H2,19,20,21). The molecule has 0 radical (unpaired) electrons. The first-order chi connectivity index (χ1) is 11.2. The molecule has 0 heterocycles. The van der Waals surface area contributed by atoms with Crippen molar-refractivity contribution < 1.29 is 13.9 Å². The molecule has 0 spiro atoms. The number of thioether (sulfide) groups is 1. The number of ether oxygens (including phenoxy) is 1. The van der Waals surface area contributed by atoms with E-state index in [9.17, 15) is 9.18 Å². The molecule has 1 aromatic rings. The number of carbonyl (C=O) groups excluding carboxylic acids is 1.